The van der Waals surface area contributed by atoms with E-state index in [9.17, 15) is 13.2 Å². The molecule has 1 aliphatic rings. The first-order valence-corrected chi connectivity index (χ1v) is 9.10. The lowest BCUT2D eigenvalue weighted by atomic mass is 9.99. The maximum absolute atomic E-state index is 12.3. The molecule has 0 aliphatic carbocycles. The molecule has 0 aromatic heterocycles. The van der Waals surface area contributed by atoms with Gasteiger partial charge in [-0.2, -0.15) is 4.31 Å². The van der Waals surface area contributed by atoms with Gasteiger partial charge in [0.15, 0.2) is 0 Å². The Morgan fingerprint density at radius 3 is 2.70 bits per heavy atom. The van der Waals surface area contributed by atoms with Crippen LogP contribution in [0.2, 0.25) is 0 Å². The van der Waals surface area contributed by atoms with Crippen molar-refractivity contribution in [2.75, 3.05) is 25.9 Å². The van der Waals surface area contributed by atoms with Gasteiger partial charge < -0.3 is 4.90 Å². The van der Waals surface area contributed by atoms with Crippen molar-refractivity contribution in [1.82, 2.24) is 9.21 Å². The van der Waals surface area contributed by atoms with Crippen molar-refractivity contribution in [3.05, 3.63) is 12.7 Å². The summed E-state index contributed by atoms with van der Waals surface area (Å²) in [6.45, 7) is 6.94. The van der Waals surface area contributed by atoms with Gasteiger partial charge in [-0.1, -0.05) is 13.0 Å². The molecule has 0 aromatic carbocycles. The van der Waals surface area contributed by atoms with Crippen LogP contribution < -0.4 is 0 Å². The lowest BCUT2D eigenvalue weighted by Gasteiger charge is -2.35. The molecule has 6 heteroatoms. The Balaban J connectivity index is 2.58. The zero-order chi connectivity index (χ0) is 15.2. The number of rotatable bonds is 7. The van der Waals surface area contributed by atoms with Crippen LogP contribution in [-0.4, -0.2) is 55.5 Å². The Hall–Kier alpha value is -0.880. The second-order valence-electron chi connectivity index (χ2n) is 5.30. The summed E-state index contributed by atoms with van der Waals surface area (Å²) in [5.41, 5.74) is 0. The smallest absolute Gasteiger partial charge is 0.224 e. The average Bonchev–Trinajstić information content (AvgIpc) is 2.41. The van der Waals surface area contributed by atoms with Crippen LogP contribution in [0.3, 0.4) is 0 Å². The molecule has 1 amide bonds. The molecule has 116 valence electrons. The molecule has 1 rings (SSSR count). The number of carbonyl (C=O) groups excluding carboxylic acids is 1. The highest BCUT2D eigenvalue weighted by Gasteiger charge is 2.26. The van der Waals surface area contributed by atoms with E-state index >= 15 is 0 Å². The average molecular weight is 302 g/mol. The van der Waals surface area contributed by atoms with E-state index < -0.39 is 10.0 Å². The van der Waals surface area contributed by atoms with Gasteiger partial charge in [0.25, 0.3) is 0 Å². The Labute approximate surface area is 122 Å². The van der Waals surface area contributed by atoms with Crippen LogP contribution in [-0.2, 0) is 14.8 Å². The number of nitrogens with zero attached hydrogens (tertiary/aromatic N) is 2. The number of hydrogen-bond acceptors (Lipinski definition) is 3. The number of sulfonamides is 1. The van der Waals surface area contributed by atoms with Crippen molar-refractivity contribution in [2.45, 2.75) is 45.1 Å². The summed E-state index contributed by atoms with van der Waals surface area (Å²) in [6, 6.07) is 0.322. The van der Waals surface area contributed by atoms with Crippen molar-refractivity contribution in [2.24, 2.45) is 0 Å². The number of piperidine rings is 1. The van der Waals surface area contributed by atoms with Crippen LogP contribution >= 0.6 is 0 Å². The largest absolute Gasteiger partial charge is 0.340 e. The van der Waals surface area contributed by atoms with Crippen molar-refractivity contribution in [3.63, 3.8) is 0 Å². The number of carbonyl (C=O) groups is 1. The van der Waals surface area contributed by atoms with E-state index in [0.717, 1.165) is 32.1 Å². The van der Waals surface area contributed by atoms with E-state index in [-0.39, 0.29) is 25.4 Å². The fraction of sp³-hybridized carbons (Fsp3) is 0.786. The molecule has 0 spiro atoms. The van der Waals surface area contributed by atoms with Crippen LogP contribution in [0.1, 0.15) is 39.0 Å². The number of likely N-dealkylation sites (tertiary alicyclic amines) is 1. The molecular weight excluding hydrogens is 276 g/mol. The molecule has 0 N–H and O–H groups in total. The third-order valence-corrected chi connectivity index (χ3v) is 5.07. The van der Waals surface area contributed by atoms with Gasteiger partial charge in [0.2, 0.25) is 15.9 Å². The highest BCUT2D eigenvalue weighted by molar-refractivity contribution is 7.88. The molecule has 5 nitrogen and oxygen atoms in total. The first-order chi connectivity index (χ1) is 9.40. The molecule has 0 saturated carbocycles. The lowest BCUT2D eigenvalue weighted by Crippen LogP contribution is -2.44. The minimum atomic E-state index is -3.28. The molecule has 0 bridgehead atoms. The predicted molar refractivity (Wildman–Crippen MR) is 80.9 cm³/mol. The highest BCUT2D eigenvalue weighted by atomic mass is 32.2. The maximum Gasteiger partial charge on any atom is 0.224 e. The lowest BCUT2D eigenvalue weighted by molar-refractivity contribution is -0.135. The standard InChI is InChI=1S/C14H26N2O3S/c1-4-10-15(20(3,18)19)12-9-14(17)16-11-7-6-8-13(16)5-2/h4,13H,1,5-12H2,2-3H3. The first-order valence-electron chi connectivity index (χ1n) is 7.25. The van der Waals surface area contributed by atoms with Crippen LogP contribution in [0.15, 0.2) is 12.7 Å². The molecule has 0 radical (unpaired) electrons. The number of hydrogen-bond donors (Lipinski definition) is 0. The van der Waals surface area contributed by atoms with Gasteiger partial charge in [0.05, 0.1) is 6.26 Å². The Kier molecular flexibility index (Phi) is 6.68. The van der Waals surface area contributed by atoms with Gasteiger partial charge >= 0.3 is 0 Å². The fourth-order valence-electron chi connectivity index (χ4n) is 2.65. The summed E-state index contributed by atoms with van der Waals surface area (Å²) >= 11 is 0. The fourth-order valence-corrected chi connectivity index (χ4v) is 3.45. The topological polar surface area (TPSA) is 57.7 Å². The third kappa shape index (κ3) is 4.90. The van der Waals surface area contributed by atoms with Gasteiger partial charge in [-0.15, -0.1) is 6.58 Å². The van der Waals surface area contributed by atoms with E-state index in [4.69, 9.17) is 0 Å². The second-order valence-corrected chi connectivity index (χ2v) is 7.29. The minimum absolute atomic E-state index is 0.0641. The quantitative estimate of drug-likeness (QED) is 0.671. The van der Waals surface area contributed by atoms with Gasteiger partial charge in [-0.25, -0.2) is 8.42 Å². The van der Waals surface area contributed by atoms with Crippen molar-refractivity contribution in [1.29, 1.82) is 0 Å². The second kappa shape index (κ2) is 7.78. The third-order valence-electron chi connectivity index (χ3n) is 3.80. The van der Waals surface area contributed by atoms with Crippen LogP contribution in [0, 0.1) is 0 Å². The zero-order valence-corrected chi connectivity index (χ0v) is 13.4. The molecule has 1 atom stereocenters. The Morgan fingerprint density at radius 2 is 2.15 bits per heavy atom. The summed E-state index contributed by atoms with van der Waals surface area (Å²) in [7, 11) is -3.28. The van der Waals surface area contributed by atoms with Gasteiger partial charge in [-0.3, -0.25) is 4.79 Å². The van der Waals surface area contributed by atoms with Gasteiger partial charge in [0.1, 0.15) is 0 Å². The molecule has 1 aliphatic heterocycles. The summed E-state index contributed by atoms with van der Waals surface area (Å²) in [5.74, 6) is 0.0641. The molecule has 1 heterocycles. The Bertz CT molecular complexity index is 434. The zero-order valence-electron chi connectivity index (χ0n) is 12.5. The minimum Gasteiger partial charge on any atom is -0.340 e. The first kappa shape index (κ1) is 17.2. The van der Waals surface area contributed by atoms with Crippen molar-refractivity contribution in [3.8, 4) is 0 Å². The van der Waals surface area contributed by atoms with Crippen molar-refractivity contribution >= 4 is 15.9 Å². The SMILES string of the molecule is C=CCN(CCC(=O)N1CCCCC1CC)S(C)(=O)=O. The molecule has 1 unspecified atom stereocenters. The normalized spacial score (nSPS) is 20.1. The summed E-state index contributed by atoms with van der Waals surface area (Å²) in [6.07, 6.45) is 7.20. The van der Waals surface area contributed by atoms with Gasteiger partial charge in [-0.05, 0) is 25.7 Å². The monoisotopic (exact) mass is 302 g/mol. The van der Waals surface area contributed by atoms with E-state index in [0.29, 0.717) is 6.04 Å². The van der Waals surface area contributed by atoms with E-state index in [1.807, 2.05) is 4.90 Å². The highest BCUT2D eigenvalue weighted by Crippen LogP contribution is 2.20. The molecule has 0 aromatic rings. The molecule has 1 fully saturated rings. The van der Waals surface area contributed by atoms with E-state index in [1.165, 1.54) is 10.7 Å². The van der Waals surface area contributed by atoms with Crippen LogP contribution in [0.4, 0.5) is 0 Å². The van der Waals surface area contributed by atoms with Gasteiger partial charge in [0, 0.05) is 32.1 Å². The van der Waals surface area contributed by atoms with E-state index in [2.05, 4.69) is 13.5 Å². The molecule has 20 heavy (non-hydrogen) atoms. The van der Waals surface area contributed by atoms with E-state index in [1.54, 1.807) is 6.08 Å². The summed E-state index contributed by atoms with van der Waals surface area (Å²) in [5, 5.41) is 0. The summed E-state index contributed by atoms with van der Waals surface area (Å²) < 4.78 is 24.5. The van der Waals surface area contributed by atoms with Crippen LogP contribution in [0.5, 0.6) is 0 Å². The number of amides is 1. The van der Waals surface area contributed by atoms with Crippen LogP contribution in [0.25, 0.3) is 0 Å². The van der Waals surface area contributed by atoms with Crippen molar-refractivity contribution < 1.29 is 13.2 Å². The molecular formula is C14H26N2O3S. The molecule has 1 saturated heterocycles. The predicted octanol–water partition coefficient (Wildman–Crippen LogP) is 1.62. The Morgan fingerprint density at radius 1 is 1.45 bits per heavy atom. The summed E-state index contributed by atoms with van der Waals surface area (Å²) in [4.78, 5) is 14.2. The maximum atomic E-state index is 12.3.